The van der Waals surface area contributed by atoms with Gasteiger partial charge in [-0.3, -0.25) is 0 Å². The van der Waals surface area contributed by atoms with E-state index in [-0.39, 0.29) is 0 Å². The zero-order valence-electron chi connectivity index (χ0n) is 10.4. The summed E-state index contributed by atoms with van der Waals surface area (Å²) in [6.07, 6.45) is 2.35. The van der Waals surface area contributed by atoms with E-state index in [9.17, 15) is 0 Å². The van der Waals surface area contributed by atoms with Crippen LogP contribution in [0.4, 0.5) is 0 Å². The van der Waals surface area contributed by atoms with Crippen molar-refractivity contribution in [3.8, 4) is 6.07 Å². The van der Waals surface area contributed by atoms with Crippen molar-refractivity contribution in [3.05, 3.63) is 11.4 Å². The summed E-state index contributed by atoms with van der Waals surface area (Å²) >= 11 is 0. The monoisotopic (exact) mass is 234 g/mol. The van der Waals surface area contributed by atoms with Crippen LogP contribution in [-0.2, 0) is 11.2 Å². The number of rotatable bonds is 4. The first-order valence-electron chi connectivity index (χ1n) is 6.16. The highest BCUT2D eigenvalue weighted by Crippen LogP contribution is 2.29. The summed E-state index contributed by atoms with van der Waals surface area (Å²) in [5.74, 6) is 0.349. The van der Waals surface area contributed by atoms with Crippen molar-refractivity contribution in [2.24, 2.45) is 0 Å². The van der Waals surface area contributed by atoms with Gasteiger partial charge in [0.15, 0.2) is 0 Å². The quantitative estimate of drug-likeness (QED) is 0.797. The second kappa shape index (κ2) is 5.28. The fourth-order valence-electron chi connectivity index (χ4n) is 2.21. The van der Waals surface area contributed by atoms with E-state index >= 15 is 0 Å². The highest BCUT2D eigenvalue weighted by Gasteiger charge is 2.27. The average molecular weight is 234 g/mol. The Hall–Kier alpha value is -1.41. The minimum absolute atomic E-state index is 0.325. The summed E-state index contributed by atoms with van der Waals surface area (Å²) in [5, 5.41) is 17.2. The number of nitriles is 1. The average Bonchev–Trinajstić information content (AvgIpc) is 2.96. The Morgan fingerprint density at radius 3 is 3.06 bits per heavy atom. The molecule has 0 radical (unpaired) electrons. The summed E-state index contributed by atoms with van der Waals surface area (Å²) in [7, 11) is 0. The van der Waals surface area contributed by atoms with Crippen LogP contribution in [0.5, 0.6) is 0 Å². The maximum absolute atomic E-state index is 8.83. The van der Waals surface area contributed by atoms with Gasteiger partial charge in [-0.2, -0.15) is 5.26 Å². The second-order valence-electron chi connectivity index (χ2n) is 4.52. The minimum Gasteiger partial charge on any atom is -0.381 e. The number of hydrogen-bond donors (Lipinski definition) is 0. The maximum atomic E-state index is 8.83. The van der Waals surface area contributed by atoms with Crippen LogP contribution in [0.25, 0.3) is 0 Å². The number of hydrogen-bond acceptors (Lipinski definition) is 4. The van der Waals surface area contributed by atoms with Crippen LogP contribution >= 0.6 is 0 Å². The minimum atomic E-state index is 0.325. The molecular weight excluding hydrogens is 216 g/mol. The Morgan fingerprint density at radius 2 is 2.47 bits per heavy atom. The van der Waals surface area contributed by atoms with Gasteiger partial charge < -0.3 is 4.74 Å². The third-order valence-corrected chi connectivity index (χ3v) is 3.38. The summed E-state index contributed by atoms with van der Waals surface area (Å²) in [6, 6.07) is 2.49. The first kappa shape index (κ1) is 12.1. The Morgan fingerprint density at radius 1 is 1.65 bits per heavy atom. The van der Waals surface area contributed by atoms with Crippen molar-refractivity contribution < 1.29 is 4.74 Å². The molecule has 5 heteroatoms. The summed E-state index contributed by atoms with van der Waals surface area (Å²) in [4.78, 5) is 0. The van der Waals surface area contributed by atoms with Crippen LogP contribution in [0, 0.1) is 11.3 Å². The predicted molar refractivity (Wildman–Crippen MR) is 62.5 cm³/mol. The van der Waals surface area contributed by atoms with E-state index in [1.807, 2.05) is 4.68 Å². The number of ether oxygens (including phenoxy) is 1. The van der Waals surface area contributed by atoms with Gasteiger partial charge in [0.25, 0.3) is 0 Å². The zero-order chi connectivity index (χ0) is 12.3. The lowest BCUT2D eigenvalue weighted by Crippen LogP contribution is -2.14. The number of aromatic nitrogens is 3. The van der Waals surface area contributed by atoms with E-state index in [1.165, 1.54) is 0 Å². The van der Waals surface area contributed by atoms with Crippen LogP contribution in [-0.4, -0.2) is 28.2 Å². The molecule has 1 fully saturated rings. The second-order valence-corrected chi connectivity index (χ2v) is 4.52. The van der Waals surface area contributed by atoms with E-state index in [2.05, 4.69) is 30.2 Å². The Labute approximate surface area is 101 Å². The van der Waals surface area contributed by atoms with Crippen LogP contribution in [0.15, 0.2) is 0 Å². The molecule has 1 aromatic rings. The molecule has 1 aromatic heterocycles. The third-order valence-electron chi connectivity index (χ3n) is 3.38. The molecule has 0 bridgehead atoms. The van der Waals surface area contributed by atoms with Crippen LogP contribution in [0.1, 0.15) is 50.0 Å². The van der Waals surface area contributed by atoms with E-state index in [4.69, 9.17) is 10.00 Å². The van der Waals surface area contributed by atoms with Gasteiger partial charge in [0.2, 0.25) is 0 Å². The van der Waals surface area contributed by atoms with Gasteiger partial charge >= 0.3 is 0 Å². The fraction of sp³-hybridized carbons (Fsp3) is 0.750. The van der Waals surface area contributed by atoms with E-state index in [1.54, 1.807) is 0 Å². The Bertz CT molecular complexity index is 415. The number of nitrogens with zero attached hydrogens (tertiary/aromatic N) is 4. The molecule has 5 nitrogen and oxygen atoms in total. The lowest BCUT2D eigenvalue weighted by molar-refractivity contribution is 0.192. The van der Waals surface area contributed by atoms with Gasteiger partial charge in [0.1, 0.15) is 5.69 Å². The third kappa shape index (κ3) is 2.32. The summed E-state index contributed by atoms with van der Waals surface area (Å²) < 4.78 is 7.41. The van der Waals surface area contributed by atoms with Crippen molar-refractivity contribution in [2.45, 2.75) is 45.1 Å². The molecule has 0 saturated carbocycles. The first-order valence-corrected chi connectivity index (χ1v) is 6.16. The predicted octanol–water partition coefficient (Wildman–Crippen LogP) is 1.82. The van der Waals surface area contributed by atoms with Crippen molar-refractivity contribution in [3.63, 3.8) is 0 Å². The smallest absolute Gasteiger partial charge is 0.100 e. The fourth-order valence-corrected chi connectivity index (χ4v) is 2.21. The van der Waals surface area contributed by atoms with Gasteiger partial charge in [-0.1, -0.05) is 12.1 Å². The topological polar surface area (TPSA) is 63.7 Å². The standard InChI is InChI=1S/C12H18N4O/c1-3-9(2)16-12(10-5-7-17-8-10)11(4-6-13)14-15-16/h9-10H,3-5,7-8H2,1-2H3. The first-order chi connectivity index (χ1) is 8.27. The molecular formula is C12H18N4O. The van der Waals surface area contributed by atoms with Crippen molar-refractivity contribution in [1.82, 2.24) is 15.0 Å². The van der Waals surface area contributed by atoms with Crippen LogP contribution in [0.2, 0.25) is 0 Å². The molecule has 2 unspecified atom stereocenters. The molecule has 0 spiro atoms. The van der Waals surface area contributed by atoms with Gasteiger partial charge in [0, 0.05) is 12.5 Å². The van der Waals surface area contributed by atoms with Gasteiger partial charge in [-0.25, -0.2) is 4.68 Å². The molecule has 1 saturated heterocycles. The normalized spacial score (nSPS) is 21.4. The molecule has 2 heterocycles. The lowest BCUT2D eigenvalue weighted by Gasteiger charge is -2.16. The molecule has 1 aliphatic heterocycles. The van der Waals surface area contributed by atoms with E-state index in [0.717, 1.165) is 37.4 Å². The molecule has 0 aromatic carbocycles. The molecule has 0 N–H and O–H groups in total. The SMILES string of the molecule is CCC(C)n1nnc(CC#N)c1C1CCOC1. The highest BCUT2D eigenvalue weighted by molar-refractivity contribution is 5.20. The van der Waals surface area contributed by atoms with Gasteiger partial charge in [-0.15, -0.1) is 5.10 Å². The summed E-state index contributed by atoms with van der Waals surface area (Å²) in [5.41, 5.74) is 1.93. The molecule has 1 aliphatic rings. The molecule has 17 heavy (non-hydrogen) atoms. The zero-order valence-corrected chi connectivity index (χ0v) is 10.4. The van der Waals surface area contributed by atoms with Gasteiger partial charge in [0.05, 0.1) is 30.8 Å². The van der Waals surface area contributed by atoms with Crippen LogP contribution < -0.4 is 0 Å². The molecule has 2 rings (SSSR count). The van der Waals surface area contributed by atoms with E-state index < -0.39 is 0 Å². The Balaban J connectivity index is 2.35. The van der Waals surface area contributed by atoms with Crippen molar-refractivity contribution in [2.75, 3.05) is 13.2 Å². The maximum Gasteiger partial charge on any atom is 0.100 e. The highest BCUT2D eigenvalue weighted by atomic mass is 16.5. The Kier molecular flexibility index (Phi) is 3.75. The molecule has 0 amide bonds. The largest absolute Gasteiger partial charge is 0.381 e. The van der Waals surface area contributed by atoms with Crippen molar-refractivity contribution in [1.29, 1.82) is 5.26 Å². The summed E-state index contributed by atoms with van der Waals surface area (Å²) in [6.45, 7) is 5.78. The van der Waals surface area contributed by atoms with Crippen molar-refractivity contribution >= 4 is 0 Å². The molecule has 92 valence electrons. The van der Waals surface area contributed by atoms with Crippen LogP contribution in [0.3, 0.4) is 0 Å². The molecule has 2 atom stereocenters. The van der Waals surface area contributed by atoms with Gasteiger partial charge in [-0.05, 0) is 19.8 Å². The molecule has 0 aliphatic carbocycles. The van der Waals surface area contributed by atoms with E-state index in [0.29, 0.717) is 18.4 Å². The lowest BCUT2D eigenvalue weighted by atomic mass is 10.0.